The molecule has 4 rings (SSSR count). The molecular weight excluding hydrogens is 411 g/mol. The molecule has 2 fully saturated rings. The second kappa shape index (κ2) is 9.80. The van der Waals surface area contributed by atoms with Crippen LogP contribution in [0.2, 0.25) is 0 Å². The van der Waals surface area contributed by atoms with Gasteiger partial charge in [0.1, 0.15) is 5.69 Å². The molecule has 0 radical (unpaired) electrons. The number of piperidine rings is 1. The smallest absolute Gasteiger partial charge is 0.475 e. The van der Waals surface area contributed by atoms with E-state index in [4.69, 9.17) is 9.90 Å². The molecule has 1 N–H and O–H groups in total. The number of carboxylic acid groups (broad SMARTS) is 1. The van der Waals surface area contributed by atoms with E-state index in [9.17, 15) is 18.0 Å². The maximum absolute atomic E-state index is 12.5. The Morgan fingerprint density at radius 2 is 1.71 bits per heavy atom. The lowest BCUT2D eigenvalue weighted by Crippen LogP contribution is -2.45. The third kappa shape index (κ3) is 6.06. The molecule has 2 saturated heterocycles. The van der Waals surface area contributed by atoms with Crippen LogP contribution in [0.3, 0.4) is 0 Å². The van der Waals surface area contributed by atoms with E-state index in [-0.39, 0.29) is 5.91 Å². The number of rotatable bonds is 2. The van der Waals surface area contributed by atoms with Gasteiger partial charge in [-0.05, 0) is 69.2 Å². The number of carbonyl (C=O) groups excluding carboxylic acids is 1. The molecule has 1 spiro atoms. The van der Waals surface area contributed by atoms with Gasteiger partial charge in [0.15, 0.2) is 0 Å². The molecule has 3 heterocycles. The topological polar surface area (TPSA) is 73.7 Å². The molecule has 0 bridgehead atoms. The molecule has 1 amide bonds. The predicted octanol–water partition coefficient (Wildman–Crippen LogP) is 3.75. The average molecular weight is 439 g/mol. The van der Waals surface area contributed by atoms with Gasteiger partial charge < -0.3 is 10.0 Å². The highest BCUT2D eigenvalue weighted by Gasteiger charge is 2.38. The van der Waals surface area contributed by atoms with Crippen molar-refractivity contribution in [1.82, 2.24) is 14.8 Å². The van der Waals surface area contributed by atoms with Crippen LogP contribution in [0.5, 0.6) is 0 Å². The van der Waals surface area contributed by atoms with Crippen molar-refractivity contribution >= 4 is 11.9 Å². The Bertz CT molecular complexity index is 784. The zero-order chi connectivity index (χ0) is 22.5. The normalized spacial score (nSPS) is 23.3. The summed E-state index contributed by atoms with van der Waals surface area (Å²) in [7, 11) is 0. The van der Waals surface area contributed by atoms with Crippen molar-refractivity contribution in [1.29, 1.82) is 0 Å². The number of hydrogen-bond donors (Lipinski definition) is 1. The Morgan fingerprint density at radius 3 is 2.19 bits per heavy atom. The number of hydrogen-bond acceptors (Lipinski definition) is 4. The van der Waals surface area contributed by atoms with E-state index >= 15 is 0 Å². The highest BCUT2D eigenvalue weighted by molar-refractivity contribution is 5.92. The number of halogens is 3. The van der Waals surface area contributed by atoms with Gasteiger partial charge in [0.2, 0.25) is 0 Å². The first-order chi connectivity index (χ1) is 14.7. The molecule has 0 saturated carbocycles. The minimum Gasteiger partial charge on any atom is -0.475 e. The average Bonchev–Trinajstić information content (AvgIpc) is 3.30. The predicted molar refractivity (Wildman–Crippen MR) is 108 cm³/mol. The van der Waals surface area contributed by atoms with E-state index in [0.717, 1.165) is 25.9 Å². The number of likely N-dealkylation sites (tertiary alicyclic amines) is 2. The summed E-state index contributed by atoms with van der Waals surface area (Å²) in [4.78, 5) is 30.3. The molecule has 1 aromatic rings. The number of aliphatic carboxylic acids is 1. The quantitative estimate of drug-likeness (QED) is 0.711. The van der Waals surface area contributed by atoms with Crippen LogP contribution in [0.1, 0.15) is 49.0 Å². The van der Waals surface area contributed by atoms with Crippen molar-refractivity contribution < 1.29 is 27.9 Å². The van der Waals surface area contributed by atoms with E-state index in [1.807, 2.05) is 23.1 Å². The minimum atomic E-state index is -5.08. The van der Waals surface area contributed by atoms with Crippen LogP contribution >= 0.6 is 0 Å². The second-order valence-electron chi connectivity index (χ2n) is 8.38. The van der Waals surface area contributed by atoms with Crippen molar-refractivity contribution in [2.24, 2.45) is 5.41 Å². The number of alkyl halides is 3. The molecule has 6 nitrogen and oxygen atoms in total. The zero-order valence-corrected chi connectivity index (χ0v) is 17.4. The fraction of sp³-hybridized carbons (Fsp3) is 0.591. The summed E-state index contributed by atoms with van der Waals surface area (Å²) in [5.41, 5.74) is 0.902. The number of pyridine rings is 1. The van der Waals surface area contributed by atoms with Gasteiger partial charge in [-0.2, -0.15) is 13.2 Å². The monoisotopic (exact) mass is 439 g/mol. The highest BCUT2D eigenvalue weighted by Crippen LogP contribution is 2.42. The van der Waals surface area contributed by atoms with Crippen LogP contribution < -0.4 is 0 Å². The first-order valence-corrected chi connectivity index (χ1v) is 10.6. The van der Waals surface area contributed by atoms with Crippen LogP contribution in [0.15, 0.2) is 36.5 Å². The van der Waals surface area contributed by atoms with E-state index in [0.29, 0.717) is 17.2 Å². The highest BCUT2D eigenvalue weighted by atomic mass is 19.4. The molecule has 1 atom stereocenters. The maximum atomic E-state index is 12.5. The van der Waals surface area contributed by atoms with Gasteiger partial charge in [-0.1, -0.05) is 18.2 Å². The number of carboxylic acids is 1. The minimum absolute atomic E-state index is 0.0835. The fourth-order valence-electron chi connectivity index (χ4n) is 4.53. The third-order valence-electron chi connectivity index (χ3n) is 6.39. The van der Waals surface area contributed by atoms with Crippen molar-refractivity contribution in [2.45, 2.75) is 50.7 Å². The first-order valence-electron chi connectivity index (χ1n) is 10.6. The summed E-state index contributed by atoms with van der Waals surface area (Å²) in [6, 6.07) is 6.21. The molecule has 1 aliphatic carbocycles. The lowest BCUT2D eigenvalue weighted by molar-refractivity contribution is -0.192. The molecule has 9 heteroatoms. The van der Waals surface area contributed by atoms with Crippen molar-refractivity contribution in [2.75, 3.05) is 26.2 Å². The molecule has 170 valence electrons. The molecule has 3 aliphatic rings. The molecule has 0 aromatic carbocycles. The van der Waals surface area contributed by atoms with Crippen LogP contribution in [-0.4, -0.2) is 70.2 Å². The summed E-state index contributed by atoms with van der Waals surface area (Å²) in [6.45, 7) is 4.25. The number of nitrogens with zero attached hydrogens (tertiary/aromatic N) is 3. The summed E-state index contributed by atoms with van der Waals surface area (Å²) in [5.74, 6) is -2.67. The summed E-state index contributed by atoms with van der Waals surface area (Å²) in [6.07, 6.45) is 9.03. The third-order valence-corrected chi connectivity index (χ3v) is 6.39. The van der Waals surface area contributed by atoms with Crippen molar-refractivity contribution in [3.63, 3.8) is 0 Å². The van der Waals surface area contributed by atoms with E-state index < -0.39 is 12.1 Å². The molecule has 2 aliphatic heterocycles. The van der Waals surface area contributed by atoms with Crippen molar-refractivity contribution in [3.8, 4) is 0 Å². The number of amides is 1. The lowest BCUT2D eigenvalue weighted by Gasteiger charge is -2.43. The molecule has 1 unspecified atom stereocenters. The van der Waals surface area contributed by atoms with Gasteiger partial charge in [-0.3, -0.25) is 14.7 Å². The van der Waals surface area contributed by atoms with Crippen LogP contribution in [0.4, 0.5) is 13.2 Å². The Balaban J connectivity index is 0.000000339. The van der Waals surface area contributed by atoms with Gasteiger partial charge in [0.05, 0.1) is 0 Å². The molecule has 31 heavy (non-hydrogen) atoms. The maximum Gasteiger partial charge on any atom is 0.490 e. The largest absolute Gasteiger partial charge is 0.490 e. The van der Waals surface area contributed by atoms with Gasteiger partial charge in [0.25, 0.3) is 5.91 Å². The second-order valence-corrected chi connectivity index (χ2v) is 8.38. The Labute approximate surface area is 179 Å². The van der Waals surface area contributed by atoms with Gasteiger partial charge >= 0.3 is 12.1 Å². The fourth-order valence-corrected chi connectivity index (χ4v) is 4.53. The van der Waals surface area contributed by atoms with Gasteiger partial charge in [0, 0.05) is 25.3 Å². The SMILES string of the molecule is O=C(O)C(F)(F)F.O=C(c1ccccn1)N1CCC2(C=CC(N3CCCC3)CC2)CC1. The Morgan fingerprint density at radius 1 is 1.06 bits per heavy atom. The van der Waals surface area contributed by atoms with Crippen LogP contribution in [0, 0.1) is 5.41 Å². The van der Waals surface area contributed by atoms with Gasteiger partial charge in [-0.25, -0.2) is 4.79 Å². The van der Waals surface area contributed by atoms with E-state index in [1.165, 1.54) is 38.8 Å². The van der Waals surface area contributed by atoms with E-state index in [1.54, 1.807) is 6.20 Å². The summed E-state index contributed by atoms with van der Waals surface area (Å²) < 4.78 is 31.7. The number of aromatic nitrogens is 1. The Hall–Kier alpha value is -2.42. The molecular formula is C22H28F3N3O3. The van der Waals surface area contributed by atoms with Crippen molar-refractivity contribution in [3.05, 3.63) is 42.2 Å². The Kier molecular flexibility index (Phi) is 7.35. The van der Waals surface area contributed by atoms with Crippen LogP contribution in [0.25, 0.3) is 0 Å². The lowest BCUT2D eigenvalue weighted by atomic mass is 9.71. The first kappa shape index (κ1) is 23.2. The zero-order valence-electron chi connectivity index (χ0n) is 17.4. The van der Waals surface area contributed by atoms with Gasteiger partial charge in [-0.15, -0.1) is 0 Å². The summed E-state index contributed by atoms with van der Waals surface area (Å²) >= 11 is 0. The standard InChI is InChI=1S/C20H27N3O.C2HF3O2/c24-19(18-5-1-2-12-21-18)23-15-10-20(11-16-23)8-6-17(7-9-20)22-13-3-4-14-22;3-2(4,5)1(6)7/h1-2,5-6,8,12,17H,3-4,7,9-11,13-16H2;(H,6,7). The van der Waals surface area contributed by atoms with E-state index in [2.05, 4.69) is 22.0 Å². The number of carbonyl (C=O) groups is 2. The summed E-state index contributed by atoms with van der Waals surface area (Å²) in [5, 5.41) is 7.12. The molecule has 1 aromatic heterocycles. The van der Waals surface area contributed by atoms with Crippen LogP contribution in [-0.2, 0) is 4.79 Å². The number of allylic oxidation sites excluding steroid dienone is 1.